The minimum Gasteiger partial charge on any atom is -0.505 e. The number of carboxylic acids is 1. The lowest BCUT2D eigenvalue weighted by atomic mass is 10.1. The van der Waals surface area contributed by atoms with E-state index in [1.165, 1.54) is 30.4 Å². The molecule has 0 amide bonds. The van der Waals surface area contributed by atoms with Crippen LogP contribution in [0.5, 0.6) is 23.0 Å². The highest BCUT2D eigenvalue weighted by Gasteiger charge is 2.14. The number of aromatic nitrogens is 1. The van der Waals surface area contributed by atoms with Crippen LogP contribution in [0.1, 0.15) is 21.6 Å². The van der Waals surface area contributed by atoms with Crippen LogP contribution in [-0.4, -0.2) is 36.5 Å². The second kappa shape index (κ2) is 6.04. The summed E-state index contributed by atoms with van der Waals surface area (Å²) in [5.74, 6) is -3.23. The smallest absolute Gasteiger partial charge is 0.339 e. The number of hydrogen-bond acceptors (Lipinski definition) is 6. The number of aromatic carboxylic acids is 1. The SMILES string of the molecule is O=C(O)c1ccc2ccc(/C=C/c3ccc(O)c(O)c3O)nc2c1O. The Hall–Kier alpha value is -3.74. The number of phenolic OH excluding ortho intramolecular Hbond substituents is 3. The fraction of sp³-hybridized carbons (Fsp3) is 0. The van der Waals surface area contributed by atoms with Crippen LogP contribution in [0.3, 0.4) is 0 Å². The third-order valence-corrected chi connectivity index (χ3v) is 3.68. The molecule has 0 unspecified atom stereocenters. The average Bonchev–Trinajstić information content (AvgIpc) is 2.59. The van der Waals surface area contributed by atoms with Gasteiger partial charge in [0, 0.05) is 10.9 Å². The summed E-state index contributed by atoms with van der Waals surface area (Å²) in [5.41, 5.74) is 0.542. The summed E-state index contributed by atoms with van der Waals surface area (Å²) >= 11 is 0. The first kappa shape index (κ1) is 16.1. The molecule has 0 aliphatic heterocycles. The molecule has 25 heavy (non-hydrogen) atoms. The summed E-state index contributed by atoms with van der Waals surface area (Å²) in [6.07, 6.45) is 2.97. The van der Waals surface area contributed by atoms with Crippen molar-refractivity contribution in [2.75, 3.05) is 0 Å². The normalized spacial score (nSPS) is 11.2. The maximum absolute atomic E-state index is 11.1. The Bertz CT molecular complexity index is 1030. The molecular formula is C18H13NO6. The number of carboxylic acid groups (broad SMARTS) is 1. The Labute approximate surface area is 141 Å². The summed E-state index contributed by atoms with van der Waals surface area (Å²) in [4.78, 5) is 15.3. The molecule has 1 heterocycles. The van der Waals surface area contributed by atoms with Crippen molar-refractivity contribution in [2.45, 2.75) is 0 Å². The van der Waals surface area contributed by atoms with E-state index in [0.29, 0.717) is 11.1 Å². The van der Waals surface area contributed by atoms with Crippen LogP contribution in [0.25, 0.3) is 23.1 Å². The monoisotopic (exact) mass is 339 g/mol. The van der Waals surface area contributed by atoms with Crippen molar-refractivity contribution in [3.8, 4) is 23.0 Å². The van der Waals surface area contributed by atoms with Gasteiger partial charge in [-0.05, 0) is 36.4 Å². The summed E-state index contributed by atoms with van der Waals surface area (Å²) in [6, 6.07) is 8.80. The van der Waals surface area contributed by atoms with Gasteiger partial charge in [0.1, 0.15) is 11.1 Å². The molecule has 0 radical (unpaired) electrons. The Morgan fingerprint density at radius 1 is 0.840 bits per heavy atom. The molecular weight excluding hydrogens is 326 g/mol. The largest absolute Gasteiger partial charge is 0.505 e. The Morgan fingerprint density at radius 3 is 2.28 bits per heavy atom. The van der Waals surface area contributed by atoms with Gasteiger partial charge in [-0.1, -0.05) is 12.1 Å². The van der Waals surface area contributed by atoms with Crippen molar-refractivity contribution in [1.29, 1.82) is 0 Å². The number of phenols is 4. The lowest BCUT2D eigenvalue weighted by Gasteiger charge is -2.05. The molecule has 0 fully saturated rings. The standard InChI is InChI=1S/C18H13NO6/c20-13-8-4-10(15(21)17(13)23)2-6-11-5-1-9-3-7-12(18(24)25)16(22)14(9)19-11/h1-8,20-23H,(H,24,25)/b6-2+. The number of benzene rings is 2. The van der Waals surface area contributed by atoms with Crippen LogP contribution in [0.2, 0.25) is 0 Å². The fourth-order valence-electron chi connectivity index (χ4n) is 2.35. The van der Waals surface area contributed by atoms with E-state index < -0.39 is 29.0 Å². The topological polar surface area (TPSA) is 131 Å². The summed E-state index contributed by atoms with van der Waals surface area (Å²) in [7, 11) is 0. The highest BCUT2D eigenvalue weighted by atomic mass is 16.4. The molecule has 126 valence electrons. The molecule has 0 spiro atoms. The van der Waals surface area contributed by atoms with E-state index in [0.717, 1.165) is 0 Å². The van der Waals surface area contributed by atoms with Crippen molar-refractivity contribution < 1.29 is 30.3 Å². The molecule has 0 bridgehead atoms. The van der Waals surface area contributed by atoms with Gasteiger partial charge >= 0.3 is 5.97 Å². The maximum atomic E-state index is 11.1. The molecule has 7 nitrogen and oxygen atoms in total. The van der Waals surface area contributed by atoms with Crippen molar-refractivity contribution in [1.82, 2.24) is 4.98 Å². The van der Waals surface area contributed by atoms with E-state index >= 15 is 0 Å². The second-order valence-electron chi connectivity index (χ2n) is 5.28. The van der Waals surface area contributed by atoms with Gasteiger partial charge < -0.3 is 25.5 Å². The van der Waals surface area contributed by atoms with Gasteiger partial charge in [0.05, 0.1) is 5.69 Å². The van der Waals surface area contributed by atoms with Crippen LogP contribution >= 0.6 is 0 Å². The highest BCUT2D eigenvalue weighted by molar-refractivity contribution is 5.99. The number of carbonyl (C=O) groups is 1. The van der Waals surface area contributed by atoms with Gasteiger partial charge in [-0.25, -0.2) is 9.78 Å². The molecule has 0 aliphatic carbocycles. The van der Waals surface area contributed by atoms with Gasteiger partial charge in [0.2, 0.25) is 5.75 Å². The summed E-state index contributed by atoms with van der Waals surface area (Å²) < 4.78 is 0. The van der Waals surface area contributed by atoms with E-state index in [2.05, 4.69) is 4.98 Å². The first-order valence-electron chi connectivity index (χ1n) is 7.16. The zero-order valence-electron chi connectivity index (χ0n) is 12.7. The van der Waals surface area contributed by atoms with Crippen molar-refractivity contribution in [3.63, 3.8) is 0 Å². The van der Waals surface area contributed by atoms with Gasteiger partial charge in [-0.15, -0.1) is 0 Å². The van der Waals surface area contributed by atoms with E-state index in [4.69, 9.17) is 5.11 Å². The van der Waals surface area contributed by atoms with Gasteiger partial charge in [0.25, 0.3) is 0 Å². The number of aromatic hydroxyl groups is 4. The molecule has 1 aromatic heterocycles. The van der Waals surface area contributed by atoms with Gasteiger partial charge in [0.15, 0.2) is 17.2 Å². The van der Waals surface area contributed by atoms with Crippen molar-refractivity contribution in [2.24, 2.45) is 0 Å². The van der Waals surface area contributed by atoms with Crippen LogP contribution in [-0.2, 0) is 0 Å². The van der Waals surface area contributed by atoms with E-state index in [-0.39, 0.29) is 16.6 Å². The molecule has 5 N–H and O–H groups in total. The van der Waals surface area contributed by atoms with Crippen molar-refractivity contribution in [3.05, 3.63) is 53.2 Å². The first-order chi connectivity index (χ1) is 11.9. The summed E-state index contributed by atoms with van der Waals surface area (Å²) in [6.45, 7) is 0. The lowest BCUT2D eigenvalue weighted by molar-refractivity contribution is 0.0694. The molecule has 0 aliphatic rings. The number of hydrogen-bond donors (Lipinski definition) is 5. The van der Waals surface area contributed by atoms with Gasteiger partial charge in [-0.3, -0.25) is 0 Å². The third-order valence-electron chi connectivity index (χ3n) is 3.68. The Balaban J connectivity index is 2.04. The quantitative estimate of drug-likeness (QED) is 0.464. The molecule has 0 saturated carbocycles. The first-order valence-corrected chi connectivity index (χ1v) is 7.16. The maximum Gasteiger partial charge on any atom is 0.339 e. The fourth-order valence-corrected chi connectivity index (χ4v) is 2.35. The predicted octanol–water partition coefficient (Wildman–Crippen LogP) is 2.93. The zero-order chi connectivity index (χ0) is 18.1. The number of nitrogens with zero attached hydrogens (tertiary/aromatic N) is 1. The minimum atomic E-state index is -1.26. The molecule has 2 aromatic carbocycles. The van der Waals surface area contributed by atoms with E-state index in [1.54, 1.807) is 18.2 Å². The number of rotatable bonds is 3. The molecule has 0 atom stereocenters. The van der Waals surface area contributed by atoms with Crippen molar-refractivity contribution >= 4 is 29.0 Å². The minimum absolute atomic E-state index is 0.139. The third kappa shape index (κ3) is 2.90. The average molecular weight is 339 g/mol. The second-order valence-corrected chi connectivity index (χ2v) is 5.28. The molecule has 3 rings (SSSR count). The van der Waals surface area contributed by atoms with E-state index in [9.17, 15) is 25.2 Å². The van der Waals surface area contributed by atoms with Gasteiger partial charge in [-0.2, -0.15) is 0 Å². The molecule has 0 saturated heterocycles. The van der Waals surface area contributed by atoms with Crippen LogP contribution < -0.4 is 0 Å². The molecule has 3 aromatic rings. The Kier molecular flexibility index (Phi) is 3.90. The highest BCUT2D eigenvalue weighted by Crippen LogP contribution is 2.37. The summed E-state index contributed by atoms with van der Waals surface area (Å²) in [5, 5.41) is 48.3. The van der Waals surface area contributed by atoms with Crippen LogP contribution in [0.4, 0.5) is 0 Å². The molecule has 7 heteroatoms. The van der Waals surface area contributed by atoms with Crippen LogP contribution in [0.15, 0.2) is 36.4 Å². The number of pyridine rings is 1. The van der Waals surface area contributed by atoms with E-state index in [1.807, 2.05) is 0 Å². The van der Waals surface area contributed by atoms with Crippen LogP contribution in [0, 0.1) is 0 Å². The Morgan fingerprint density at radius 2 is 1.56 bits per heavy atom. The predicted molar refractivity (Wildman–Crippen MR) is 90.7 cm³/mol. The lowest BCUT2D eigenvalue weighted by Crippen LogP contribution is -1.97. The number of fused-ring (bicyclic) bond motifs is 1. The zero-order valence-corrected chi connectivity index (χ0v) is 12.7.